The lowest BCUT2D eigenvalue weighted by Gasteiger charge is -2.34. The van der Waals surface area contributed by atoms with E-state index < -0.39 is 5.60 Å². The highest BCUT2D eigenvalue weighted by atomic mass is 16.5. The Labute approximate surface area is 209 Å². The molecule has 0 bridgehead atoms. The highest BCUT2D eigenvalue weighted by Gasteiger charge is 2.38. The summed E-state index contributed by atoms with van der Waals surface area (Å²) in [5, 5.41) is 12.7. The van der Waals surface area contributed by atoms with E-state index in [1.54, 1.807) is 6.20 Å². The van der Waals surface area contributed by atoms with Crippen LogP contribution in [0.2, 0.25) is 0 Å². The van der Waals surface area contributed by atoms with E-state index in [1.165, 1.54) is 0 Å². The molecular formula is C32H35NO2. The molecule has 0 aliphatic rings. The molecule has 0 aliphatic heterocycles. The zero-order chi connectivity index (χ0) is 24.9. The molecule has 0 aliphatic carbocycles. The predicted molar refractivity (Wildman–Crippen MR) is 144 cm³/mol. The summed E-state index contributed by atoms with van der Waals surface area (Å²) in [6.07, 6.45) is 3.79. The molecule has 1 heterocycles. The molecule has 3 heteroatoms. The van der Waals surface area contributed by atoms with E-state index in [0.717, 1.165) is 52.1 Å². The van der Waals surface area contributed by atoms with E-state index in [0.29, 0.717) is 6.61 Å². The second-order valence-electron chi connectivity index (χ2n) is 10.0. The van der Waals surface area contributed by atoms with Crippen molar-refractivity contribution in [2.24, 2.45) is 0 Å². The Hall–Kier alpha value is -3.43. The average molecular weight is 466 g/mol. The monoisotopic (exact) mass is 465 g/mol. The predicted octanol–water partition coefficient (Wildman–Crippen LogP) is 7.51. The number of unbranched alkanes of at least 4 members (excludes halogenated alkanes) is 1. The van der Waals surface area contributed by atoms with Crippen LogP contribution in [0.25, 0.3) is 11.3 Å². The highest BCUT2D eigenvalue weighted by molar-refractivity contribution is 5.63. The number of nitrogens with zero attached hydrogens (tertiary/aromatic N) is 1. The first kappa shape index (κ1) is 24.7. The van der Waals surface area contributed by atoms with Gasteiger partial charge in [0, 0.05) is 17.3 Å². The molecule has 1 atom stereocenters. The Bertz CT molecular complexity index is 1250. The van der Waals surface area contributed by atoms with Crippen LogP contribution in [0.4, 0.5) is 0 Å². The van der Waals surface area contributed by atoms with Crippen LogP contribution < -0.4 is 4.74 Å². The van der Waals surface area contributed by atoms with Gasteiger partial charge in [0.15, 0.2) is 0 Å². The zero-order valence-electron chi connectivity index (χ0n) is 21.2. The van der Waals surface area contributed by atoms with Crippen molar-refractivity contribution in [1.82, 2.24) is 4.98 Å². The van der Waals surface area contributed by atoms with Crippen LogP contribution in [-0.4, -0.2) is 16.7 Å². The van der Waals surface area contributed by atoms with Crippen molar-refractivity contribution in [3.05, 3.63) is 119 Å². The first-order chi connectivity index (χ1) is 16.9. The molecule has 0 amide bonds. The van der Waals surface area contributed by atoms with Crippen molar-refractivity contribution in [2.45, 2.75) is 51.6 Å². The summed E-state index contributed by atoms with van der Waals surface area (Å²) in [5.41, 5.74) is 3.68. The number of aliphatic hydroxyl groups is 1. The van der Waals surface area contributed by atoms with Crippen molar-refractivity contribution in [3.8, 4) is 17.0 Å². The summed E-state index contributed by atoms with van der Waals surface area (Å²) in [4.78, 5) is 4.53. The molecule has 3 nitrogen and oxygen atoms in total. The Kier molecular flexibility index (Phi) is 7.37. The van der Waals surface area contributed by atoms with Gasteiger partial charge in [0.2, 0.25) is 0 Å². The summed E-state index contributed by atoms with van der Waals surface area (Å²) < 4.78 is 6.47. The molecule has 1 N–H and O–H groups in total. The number of hydrogen-bond donors (Lipinski definition) is 1. The average Bonchev–Trinajstić information content (AvgIpc) is 2.89. The molecule has 4 rings (SSSR count). The minimum Gasteiger partial charge on any atom is -0.493 e. The van der Waals surface area contributed by atoms with E-state index in [9.17, 15) is 5.11 Å². The maximum atomic E-state index is 12.7. The highest BCUT2D eigenvalue weighted by Crippen LogP contribution is 2.45. The third-order valence-electron chi connectivity index (χ3n) is 6.39. The summed E-state index contributed by atoms with van der Waals surface area (Å²) in [6, 6.07) is 29.9. The lowest BCUT2D eigenvalue weighted by Crippen LogP contribution is -2.31. The van der Waals surface area contributed by atoms with Gasteiger partial charge >= 0.3 is 0 Å². The lowest BCUT2D eigenvalue weighted by atomic mass is 9.76. The van der Waals surface area contributed by atoms with E-state index >= 15 is 0 Å². The minimum atomic E-state index is -1.41. The fraction of sp³-hybridized carbons (Fsp3) is 0.281. The van der Waals surface area contributed by atoms with Crippen LogP contribution in [0.15, 0.2) is 97.2 Å². The van der Waals surface area contributed by atoms with Crippen molar-refractivity contribution in [3.63, 3.8) is 0 Å². The first-order valence-corrected chi connectivity index (χ1v) is 12.4. The summed E-state index contributed by atoms with van der Waals surface area (Å²) in [5.74, 6) is 0.767. The quantitative estimate of drug-likeness (QED) is 0.216. The van der Waals surface area contributed by atoms with Gasteiger partial charge in [-0.25, -0.2) is 0 Å². The molecule has 0 spiro atoms. The normalized spacial score (nSPS) is 13.3. The maximum Gasteiger partial charge on any atom is 0.144 e. The zero-order valence-corrected chi connectivity index (χ0v) is 21.2. The van der Waals surface area contributed by atoms with Gasteiger partial charge < -0.3 is 9.84 Å². The molecule has 4 aromatic rings. The van der Waals surface area contributed by atoms with Gasteiger partial charge in [0.1, 0.15) is 11.4 Å². The van der Waals surface area contributed by atoms with Gasteiger partial charge in [-0.2, -0.15) is 0 Å². The minimum absolute atomic E-state index is 0.148. The molecular weight excluding hydrogens is 430 g/mol. The van der Waals surface area contributed by atoms with Gasteiger partial charge in [0.25, 0.3) is 0 Å². The van der Waals surface area contributed by atoms with E-state index in [2.05, 4.69) is 38.7 Å². The topological polar surface area (TPSA) is 42.4 Å². The van der Waals surface area contributed by atoms with Crippen molar-refractivity contribution < 1.29 is 9.84 Å². The molecule has 35 heavy (non-hydrogen) atoms. The Morgan fingerprint density at radius 1 is 0.771 bits per heavy atom. The fourth-order valence-corrected chi connectivity index (χ4v) is 4.48. The molecule has 180 valence electrons. The van der Waals surface area contributed by atoms with Crippen LogP contribution in [0.1, 0.15) is 62.8 Å². The van der Waals surface area contributed by atoms with Gasteiger partial charge in [-0.15, -0.1) is 0 Å². The molecule has 3 aromatic carbocycles. The van der Waals surface area contributed by atoms with Gasteiger partial charge in [-0.05, 0) is 46.7 Å². The van der Waals surface area contributed by atoms with Gasteiger partial charge in [-0.1, -0.05) is 107 Å². The SMILES string of the molecule is CCCCOc1c(C(C)(C)C)cccc1C(O)(c1ccccc1)c1cccc(-c2ccccn2)c1. The lowest BCUT2D eigenvalue weighted by molar-refractivity contribution is 0.120. The van der Waals surface area contributed by atoms with Crippen LogP contribution in [-0.2, 0) is 11.0 Å². The number of rotatable bonds is 8. The largest absolute Gasteiger partial charge is 0.493 e. The first-order valence-electron chi connectivity index (χ1n) is 12.4. The van der Waals surface area contributed by atoms with Crippen molar-refractivity contribution in [2.75, 3.05) is 6.61 Å². The summed E-state index contributed by atoms with van der Waals surface area (Å²) >= 11 is 0. The number of hydrogen-bond acceptors (Lipinski definition) is 3. The number of para-hydroxylation sites is 1. The third kappa shape index (κ3) is 5.16. The summed E-state index contributed by atoms with van der Waals surface area (Å²) in [7, 11) is 0. The molecule has 0 saturated heterocycles. The molecule has 1 aromatic heterocycles. The molecule has 0 saturated carbocycles. The van der Waals surface area contributed by atoms with E-state index in [4.69, 9.17) is 4.74 Å². The van der Waals surface area contributed by atoms with Crippen molar-refractivity contribution in [1.29, 1.82) is 0 Å². The number of pyridine rings is 1. The Morgan fingerprint density at radius 3 is 2.14 bits per heavy atom. The molecule has 0 fully saturated rings. The van der Waals surface area contributed by atoms with Crippen LogP contribution in [0.5, 0.6) is 5.75 Å². The third-order valence-corrected chi connectivity index (χ3v) is 6.39. The Morgan fingerprint density at radius 2 is 1.46 bits per heavy atom. The van der Waals surface area contributed by atoms with Gasteiger partial charge in [-0.3, -0.25) is 4.98 Å². The molecule has 0 radical (unpaired) electrons. The van der Waals surface area contributed by atoms with Crippen LogP contribution >= 0.6 is 0 Å². The van der Waals surface area contributed by atoms with Gasteiger partial charge in [0.05, 0.1) is 12.3 Å². The van der Waals surface area contributed by atoms with Crippen LogP contribution in [0.3, 0.4) is 0 Å². The second-order valence-corrected chi connectivity index (χ2v) is 10.0. The summed E-state index contributed by atoms with van der Waals surface area (Å²) in [6.45, 7) is 9.31. The standard InChI is InChI=1S/C32H35NO2/c1-5-6-22-35-30-27(31(2,3)4)18-13-19-28(30)32(34,25-15-8-7-9-16-25)26-17-12-14-24(23-26)29-20-10-11-21-33-29/h7-21,23,34H,5-6,22H2,1-4H3. The van der Waals surface area contributed by atoms with E-state index in [-0.39, 0.29) is 5.41 Å². The fourth-order valence-electron chi connectivity index (χ4n) is 4.48. The smallest absolute Gasteiger partial charge is 0.144 e. The van der Waals surface area contributed by atoms with E-state index in [1.807, 2.05) is 84.9 Å². The maximum absolute atomic E-state index is 12.7. The number of ether oxygens (including phenoxy) is 1. The number of aromatic nitrogens is 1. The second kappa shape index (κ2) is 10.5. The number of benzene rings is 3. The molecule has 1 unspecified atom stereocenters. The van der Waals surface area contributed by atoms with Crippen LogP contribution in [0, 0.1) is 0 Å². The Balaban J connectivity index is 1.98. The van der Waals surface area contributed by atoms with Crippen molar-refractivity contribution >= 4 is 0 Å².